The van der Waals surface area contributed by atoms with E-state index in [-0.39, 0.29) is 5.91 Å². The molecule has 34 heavy (non-hydrogen) atoms. The lowest BCUT2D eigenvalue weighted by atomic mass is 10.1. The van der Waals surface area contributed by atoms with Crippen LogP contribution in [0.15, 0.2) is 60.7 Å². The van der Waals surface area contributed by atoms with Gasteiger partial charge in [-0.25, -0.2) is 0 Å². The lowest BCUT2D eigenvalue weighted by Crippen LogP contribution is -2.09. The van der Waals surface area contributed by atoms with E-state index in [0.29, 0.717) is 34.4 Å². The van der Waals surface area contributed by atoms with Crippen molar-refractivity contribution in [1.82, 2.24) is 0 Å². The SMILES string of the molecule is COc1ccc(/C=C/c2cc(OC)c(OC)c(OC)c2)c(NC(=O)/C=C/c2ccccc2N)c1. The van der Waals surface area contributed by atoms with Gasteiger partial charge < -0.3 is 30.0 Å². The lowest BCUT2D eigenvalue weighted by Gasteiger charge is -2.13. The summed E-state index contributed by atoms with van der Waals surface area (Å²) < 4.78 is 21.5. The molecule has 0 bridgehead atoms. The molecule has 0 aliphatic rings. The molecule has 7 heteroatoms. The number of hydrogen-bond acceptors (Lipinski definition) is 6. The Balaban J connectivity index is 1.88. The zero-order chi connectivity index (χ0) is 24.5. The number of nitrogens with two attached hydrogens (primary N) is 1. The highest BCUT2D eigenvalue weighted by molar-refractivity contribution is 6.03. The first-order valence-corrected chi connectivity index (χ1v) is 10.5. The number of nitrogen functional groups attached to an aromatic ring is 1. The highest BCUT2D eigenvalue weighted by Gasteiger charge is 2.12. The predicted octanol–water partition coefficient (Wildman–Crippen LogP) is 5.13. The summed E-state index contributed by atoms with van der Waals surface area (Å²) in [7, 11) is 6.27. The van der Waals surface area contributed by atoms with Gasteiger partial charge in [-0.2, -0.15) is 0 Å². The summed E-state index contributed by atoms with van der Waals surface area (Å²) in [6.45, 7) is 0. The van der Waals surface area contributed by atoms with Gasteiger partial charge in [0, 0.05) is 17.8 Å². The Labute approximate surface area is 199 Å². The van der Waals surface area contributed by atoms with Gasteiger partial charge in [-0.1, -0.05) is 30.4 Å². The van der Waals surface area contributed by atoms with Crippen LogP contribution in [-0.4, -0.2) is 34.3 Å². The molecular formula is C27H28N2O5. The van der Waals surface area contributed by atoms with Crippen molar-refractivity contribution in [2.75, 3.05) is 39.5 Å². The fraction of sp³-hybridized carbons (Fsp3) is 0.148. The van der Waals surface area contributed by atoms with Crippen LogP contribution in [0.1, 0.15) is 16.7 Å². The van der Waals surface area contributed by atoms with Crippen LogP contribution >= 0.6 is 0 Å². The molecule has 0 unspecified atom stereocenters. The summed E-state index contributed by atoms with van der Waals surface area (Å²) in [5.41, 5.74) is 9.53. The molecule has 0 spiro atoms. The minimum absolute atomic E-state index is 0.293. The van der Waals surface area contributed by atoms with E-state index in [1.54, 1.807) is 46.6 Å². The Morgan fingerprint density at radius 2 is 1.50 bits per heavy atom. The molecule has 7 nitrogen and oxygen atoms in total. The lowest BCUT2D eigenvalue weighted by molar-refractivity contribution is -0.111. The van der Waals surface area contributed by atoms with Gasteiger partial charge in [0.05, 0.1) is 34.1 Å². The summed E-state index contributed by atoms with van der Waals surface area (Å²) in [6.07, 6.45) is 6.89. The van der Waals surface area contributed by atoms with Crippen LogP contribution in [0.2, 0.25) is 0 Å². The van der Waals surface area contributed by atoms with Crippen LogP contribution < -0.4 is 30.0 Å². The average Bonchev–Trinajstić information content (AvgIpc) is 2.86. The van der Waals surface area contributed by atoms with Crippen molar-refractivity contribution in [1.29, 1.82) is 0 Å². The Hall–Kier alpha value is -4.39. The van der Waals surface area contributed by atoms with E-state index in [2.05, 4.69) is 5.32 Å². The third-order valence-corrected chi connectivity index (χ3v) is 5.07. The van der Waals surface area contributed by atoms with Crippen molar-refractivity contribution in [3.8, 4) is 23.0 Å². The summed E-state index contributed by atoms with van der Waals surface area (Å²) in [6, 6.07) is 16.5. The van der Waals surface area contributed by atoms with Crippen LogP contribution in [0.25, 0.3) is 18.2 Å². The molecule has 1 amide bonds. The van der Waals surface area contributed by atoms with Gasteiger partial charge in [0.25, 0.3) is 0 Å². The van der Waals surface area contributed by atoms with Gasteiger partial charge >= 0.3 is 0 Å². The van der Waals surface area contributed by atoms with E-state index in [0.717, 1.165) is 16.7 Å². The molecule has 3 aromatic carbocycles. The van der Waals surface area contributed by atoms with Gasteiger partial charge in [-0.3, -0.25) is 4.79 Å². The molecule has 0 heterocycles. The number of benzene rings is 3. The number of carbonyl (C=O) groups is 1. The third-order valence-electron chi connectivity index (χ3n) is 5.07. The monoisotopic (exact) mass is 460 g/mol. The number of amides is 1. The average molecular weight is 461 g/mol. The van der Waals surface area contributed by atoms with E-state index in [1.807, 2.05) is 54.6 Å². The molecule has 0 saturated carbocycles. The fourth-order valence-electron chi connectivity index (χ4n) is 3.30. The summed E-state index contributed by atoms with van der Waals surface area (Å²) >= 11 is 0. The number of para-hydroxylation sites is 1. The summed E-state index contributed by atoms with van der Waals surface area (Å²) in [5.74, 6) is 1.95. The largest absolute Gasteiger partial charge is 0.497 e. The molecule has 0 aromatic heterocycles. The second kappa shape index (κ2) is 11.5. The molecule has 3 N–H and O–H groups in total. The van der Waals surface area contributed by atoms with Crippen LogP contribution in [0.3, 0.4) is 0 Å². The van der Waals surface area contributed by atoms with E-state index in [4.69, 9.17) is 24.7 Å². The van der Waals surface area contributed by atoms with Crippen molar-refractivity contribution >= 4 is 35.5 Å². The standard InChI is InChI=1S/C27H28N2O5/c1-31-21-13-11-20(10-9-18-15-24(32-2)27(34-4)25(16-18)33-3)23(17-21)29-26(30)14-12-19-7-5-6-8-22(19)28/h5-17H,28H2,1-4H3,(H,29,30)/b10-9+,14-12+. The summed E-state index contributed by atoms with van der Waals surface area (Å²) in [4.78, 5) is 12.6. The normalized spacial score (nSPS) is 10.9. The van der Waals surface area contributed by atoms with Gasteiger partial charge in [0.1, 0.15) is 5.75 Å². The second-order valence-electron chi connectivity index (χ2n) is 7.20. The quantitative estimate of drug-likeness (QED) is 0.261. The fourth-order valence-corrected chi connectivity index (χ4v) is 3.30. The first kappa shape index (κ1) is 24.3. The number of carbonyl (C=O) groups excluding carboxylic acids is 1. The number of hydrogen-bond donors (Lipinski definition) is 2. The van der Waals surface area contributed by atoms with Crippen LogP contribution in [0.4, 0.5) is 11.4 Å². The van der Waals surface area contributed by atoms with E-state index in [1.165, 1.54) is 6.08 Å². The molecular weight excluding hydrogens is 432 g/mol. The number of nitrogens with one attached hydrogen (secondary N) is 1. The van der Waals surface area contributed by atoms with Gasteiger partial charge in [0.15, 0.2) is 11.5 Å². The molecule has 0 atom stereocenters. The zero-order valence-corrected chi connectivity index (χ0v) is 19.6. The Bertz CT molecular complexity index is 1190. The maximum absolute atomic E-state index is 12.6. The van der Waals surface area contributed by atoms with Crippen molar-refractivity contribution in [2.45, 2.75) is 0 Å². The molecule has 0 fully saturated rings. The van der Waals surface area contributed by atoms with E-state index >= 15 is 0 Å². The smallest absolute Gasteiger partial charge is 0.248 e. The highest BCUT2D eigenvalue weighted by Crippen LogP contribution is 2.38. The van der Waals surface area contributed by atoms with Crippen molar-refractivity contribution < 1.29 is 23.7 Å². The maximum Gasteiger partial charge on any atom is 0.248 e. The van der Waals surface area contributed by atoms with Crippen LogP contribution in [0, 0.1) is 0 Å². The third kappa shape index (κ3) is 5.89. The molecule has 3 rings (SSSR count). The number of methoxy groups -OCH3 is 4. The van der Waals surface area contributed by atoms with Crippen molar-refractivity contribution in [2.24, 2.45) is 0 Å². The van der Waals surface area contributed by atoms with Crippen molar-refractivity contribution in [3.63, 3.8) is 0 Å². The minimum atomic E-state index is -0.293. The molecule has 0 radical (unpaired) electrons. The number of anilines is 2. The minimum Gasteiger partial charge on any atom is -0.497 e. The van der Waals surface area contributed by atoms with Crippen LogP contribution in [0.5, 0.6) is 23.0 Å². The van der Waals surface area contributed by atoms with E-state index < -0.39 is 0 Å². The van der Waals surface area contributed by atoms with Crippen molar-refractivity contribution in [3.05, 3.63) is 77.4 Å². The van der Waals surface area contributed by atoms with Gasteiger partial charge in [-0.15, -0.1) is 0 Å². The van der Waals surface area contributed by atoms with E-state index in [9.17, 15) is 4.79 Å². The molecule has 0 aliphatic heterocycles. The second-order valence-corrected chi connectivity index (χ2v) is 7.20. The topological polar surface area (TPSA) is 92.0 Å². The first-order valence-electron chi connectivity index (χ1n) is 10.5. The highest BCUT2D eigenvalue weighted by atomic mass is 16.5. The zero-order valence-electron chi connectivity index (χ0n) is 19.6. The molecule has 0 saturated heterocycles. The Morgan fingerprint density at radius 1 is 0.794 bits per heavy atom. The predicted molar refractivity (Wildman–Crippen MR) is 137 cm³/mol. The maximum atomic E-state index is 12.6. The molecule has 176 valence electrons. The summed E-state index contributed by atoms with van der Waals surface area (Å²) in [5, 5.41) is 2.91. The number of ether oxygens (including phenoxy) is 4. The van der Waals surface area contributed by atoms with Crippen LogP contribution in [-0.2, 0) is 4.79 Å². The Morgan fingerprint density at radius 3 is 2.12 bits per heavy atom. The van der Waals surface area contributed by atoms with Gasteiger partial charge in [0.2, 0.25) is 11.7 Å². The Kier molecular flexibility index (Phi) is 8.18. The molecule has 0 aliphatic carbocycles. The van der Waals surface area contributed by atoms with Gasteiger partial charge in [-0.05, 0) is 53.1 Å². The first-order chi connectivity index (χ1) is 16.5. The number of rotatable bonds is 9. The molecule has 3 aromatic rings.